The Labute approximate surface area is 172 Å². The number of rotatable bonds is 5. The molecule has 0 saturated carbocycles. The van der Waals surface area contributed by atoms with Gasteiger partial charge in [-0.05, 0) is 57.4 Å². The minimum Gasteiger partial charge on any atom is -0.347 e. The molecule has 142 valence electrons. The molecule has 0 saturated heterocycles. The third kappa shape index (κ3) is 3.86. The normalized spacial score (nSPS) is 11.1. The lowest BCUT2D eigenvalue weighted by Gasteiger charge is -2.12. The van der Waals surface area contributed by atoms with Crippen LogP contribution in [0.25, 0.3) is 10.2 Å². The zero-order chi connectivity index (χ0) is 19.7. The molecule has 4 rings (SSSR count). The molecular formula is C21H15BrF2N2OS. The van der Waals surface area contributed by atoms with Crippen LogP contribution in [-0.4, -0.2) is 10.5 Å². The average molecular weight is 461 g/mol. The molecule has 4 aromatic rings. The highest BCUT2D eigenvalue weighted by molar-refractivity contribution is 9.10. The van der Waals surface area contributed by atoms with Crippen molar-refractivity contribution >= 4 is 43.4 Å². The Bertz CT molecular complexity index is 1150. The van der Waals surface area contributed by atoms with Crippen molar-refractivity contribution in [3.05, 3.63) is 92.9 Å². The van der Waals surface area contributed by atoms with E-state index in [4.69, 9.17) is 0 Å². The van der Waals surface area contributed by atoms with Crippen LogP contribution in [-0.2, 0) is 13.1 Å². The number of fused-ring (bicyclic) bond motifs is 1. The Kier molecular flexibility index (Phi) is 5.28. The lowest BCUT2D eigenvalue weighted by Crippen LogP contribution is -2.25. The summed E-state index contributed by atoms with van der Waals surface area (Å²) in [5.74, 6) is -0.885. The number of benzene rings is 2. The van der Waals surface area contributed by atoms with Crippen LogP contribution in [0.1, 0.15) is 21.6 Å². The Morgan fingerprint density at radius 3 is 2.57 bits per heavy atom. The second kappa shape index (κ2) is 7.85. The van der Waals surface area contributed by atoms with Crippen LogP contribution < -0.4 is 5.32 Å². The van der Waals surface area contributed by atoms with Crippen molar-refractivity contribution in [2.75, 3.05) is 0 Å². The highest BCUT2D eigenvalue weighted by atomic mass is 79.9. The van der Waals surface area contributed by atoms with Crippen molar-refractivity contribution in [3.8, 4) is 0 Å². The summed E-state index contributed by atoms with van der Waals surface area (Å²) in [6.07, 6.45) is 0. The molecule has 7 heteroatoms. The second-order valence-electron chi connectivity index (χ2n) is 6.35. The smallest absolute Gasteiger partial charge is 0.268 e. The molecule has 0 radical (unpaired) electrons. The zero-order valence-electron chi connectivity index (χ0n) is 14.6. The predicted octanol–water partition coefficient (Wildman–Crippen LogP) is 5.72. The van der Waals surface area contributed by atoms with E-state index >= 15 is 0 Å². The second-order valence-corrected chi connectivity index (χ2v) is 8.12. The fourth-order valence-electron chi connectivity index (χ4n) is 3.08. The molecule has 2 heterocycles. The fraction of sp³-hybridized carbons (Fsp3) is 0.0952. The van der Waals surface area contributed by atoms with E-state index in [1.54, 1.807) is 24.3 Å². The number of halogens is 3. The summed E-state index contributed by atoms with van der Waals surface area (Å²) in [5, 5.41) is 4.82. The van der Waals surface area contributed by atoms with Gasteiger partial charge >= 0.3 is 0 Å². The molecule has 0 aliphatic carbocycles. The Hall–Kier alpha value is -2.51. The number of aromatic nitrogens is 1. The van der Waals surface area contributed by atoms with Crippen LogP contribution in [0.15, 0.2) is 64.5 Å². The topological polar surface area (TPSA) is 34.0 Å². The number of carbonyl (C=O) groups excluding carboxylic acids is 1. The third-order valence-corrected chi connectivity index (χ3v) is 6.23. The average Bonchev–Trinajstić information content (AvgIpc) is 3.22. The van der Waals surface area contributed by atoms with Gasteiger partial charge in [-0.25, -0.2) is 8.78 Å². The van der Waals surface area contributed by atoms with Crippen LogP contribution in [0.5, 0.6) is 0 Å². The molecule has 0 aliphatic rings. The van der Waals surface area contributed by atoms with Gasteiger partial charge in [-0.15, -0.1) is 11.3 Å². The van der Waals surface area contributed by atoms with Gasteiger partial charge in [-0.3, -0.25) is 4.79 Å². The maximum atomic E-state index is 13.3. The first kappa shape index (κ1) is 18.8. The predicted molar refractivity (Wildman–Crippen MR) is 111 cm³/mol. The first-order valence-electron chi connectivity index (χ1n) is 8.54. The van der Waals surface area contributed by atoms with Gasteiger partial charge in [0.25, 0.3) is 5.91 Å². The van der Waals surface area contributed by atoms with Gasteiger partial charge in [0, 0.05) is 18.5 Å². The minimum atomic E-state index is -0.337. The van der Waals surface area contributed by atoms with Gasteiger partial charge < -0.3 is 9.88 Å². The summed E-state index contributed by atoms with van der Waals surface area (Å²) in [5.41, 5.74) is 3.00. The van der Waals surface area contributed by atoms with E-state index in [9.17, 15) is 13.6 Å². The maximum absolute atomic E-state index is 13.3. The van der Waals surface area contributed by atoms with Crippen molar-refractivity contribution < 1.29 is 13.6 Å². The maximum Gasteiger partial charge on any atom is 0.268 e. The molecule has 0 unspecified atom stereocenters. The number of hydrogen-bond acceptors (Lipinski definition) is 2. The molecular weight excluding hydrogens is 446 g/mol. The van der Waals surface area contributed by atoms with Crippen LogP contribution in [0.4, 0.5) is 8.78 Å². The molecule has 1 N–H and O–H groups in total. The molecule has 0 bridgehead atoms. The monoisotopic (exact) mass is 460 g/mol. The summed E-state index contributed by atoms with van der Waals surface area (Å²) in [4.78, 5) is 12.9. The van der Waals surface area contributed by atoms with Crippen LogP contribution in [0, 0.1) is 11.6 Å². The highest BCUT2D eigenvalue weighted by Gasteiger charge is 2.19. The van der Waals surface area contributed by atoms with E-state index < -0.39 is 0 Å². The quantitative estimate of drug-likeness (QED) is 0.405. The minimum absolute atomic E-state index is 0.229. The molecule has 1 amide bonds. The number of thiophene rings is 1. The molecule has 2 aromatic heterocycles. The number of carbonyl (C=O) groups is 1. The van der Waals surface area contributed by atoms with E-state index in [2.05, 4.69) is 21.2 Å². The van der Waals surface area contributed by atoms with Gasteiger partial charge in [0.15, 0.2) is 0 Å². The van der Waals surface area contributed by atoms with Gasteiger partial charge in [-0.2, -0.15) is 0 Å². The van der Waals surface area contributed by atoms with Crippen molar-refractivity contribution in [2.24, 2.45) is 0 Å². The molecule has 0 spiro atoms. The van der Waals surface area contributed by atoms with Crippen LogP contribution in [0.2, 0.25) is 0 Å². The van der Waals surface area contributed by atoms with Crippen molar-refractivity contribution in [3.63, 3.8) is 0 Å². The van der Waals surface area contributed by atoms with Gasteiger partial charge in [0.1, 0.15) is 17.3 Å². The SMILES string of the molecule is O=C(NCc1cccc(F)c1)c1cc2scc(Br)c2n1Cc1ccc(F)cc1. The summed E-state index contributed by atoms with van der Waals surface area (Å²) in [6.45, 7) is 0.662. The molecule has 3 nitrogen and oxygen atoms in total. The first-order chi connectivity index (χ1) is 13.5. The van der Waals surface area contributed by atoms with Gasteiger partial charge in [-0.1, -0.05) is 24.3 Å². The van der Waals surface area contributed by atoms with E-state index in [1.807, 2.05) is 16.0 Å². The van der Waals surface area contributed by atoms with Crippen LogP contribution >= 0.6 is 27.3 Å². The first-order valence-corrected chi connectivity index (χ1v) is 10.2. The highest BCUT2D eigenvalue weighted by Crippen LogP contribution is 2.33. The van der Waals surface area contributed by atoms with Crippen molar-refractivity contribution in [2.45, 2.75) is 13.1 Å². The third-order valence-electron chi connectivity index (χ3n) is 4.41. The van der Waals surface area contributed by atoms with Crippen molar-refractivity contribution in [1.82, 2.24) is 9.88 Å². The number of amides is 1. The van der Waals surface area contributed by atoms with E-state index in [0.29, 0.717) is 17.8 Å². The molecule has 0 fully saturated rings. The largest absolute Gasteiger partial charge is 0.347 e. The van der Waals surface area contributed by atoms with E-state index in [0.717, 1.165) is 20.3 Å². The Balaban J connectivity index is 1.64. The lowest BCUT2D eigenvalue weighted by atomic mass is 10.2. The van der Waals surface area contributed by atoms with Gasteiger partial charge in [0.05, 0.1) is 14.7 Å². The Morgan fingerprint density at radius 2 is 1.82 bits per heavy atom. The zero-order valence-corrected chi connectivity index (χ0v) is 17.0. The molecule has 28 heavy (non-hydrogen) atoms. The number of nitrogens with one attached hydrogen (secondary N) is 1. The number of nitrogens with zero attached hydrogens (tertiary/aromatic N) is 1. The molecule has 0 aliphatic heterocycles. The van der Waals surface area contributed by atoms with Gasteiger partial charge in [0.2, 0.25) is 0 Å². The molecule has 0 atom stereocenters. The van der Waals surface area contributed by atoms with E-state index in [1.165, 1.54) is 35.6 Å². The fourth-order valence-corrected chi connectivity index (χ4v) is 4.77. The van der Waals surface area contributed by atoms with Crippen molar-refractivity contribution in [1.29, 1.82) is 0 Å². The Morgan fingerprint density at radius 1 is 1.04 bits per heavy atom. The lowest BCUT2D eigenvalue weighted by molar-refractivity contribution is 0.0942. The summed E-state index contributed by atoms with van der Waals surface area (Å²) in [7, 11) is 0. The summed E-state index contributed by atoms with van der Waals surface area (Å²) in [6, 6.07) is 14.2. The summed E-state index contributed by atoms with van der Waals surface area (Å²) >= 11 is 5.08. The standard InChI is InChI=1S/C21H15BrF2N2OS/c22-17-12-28-19-9-18(21(27)25-10-14-2-1-3-16(24)8-14)26(20(17)19)11-13-4-6-15(23)7-5-13/h1-9,12H,10-11H2,(H,25,27). The molecule has 2 aromatic carbocycles. The number of hydrogen-bond donors (Lipinski definition) is 1. The van der Waals surface area contributed by atoms with Crippen LogP contribution in [0.3, 0.4) is 0 Å². The van der Waals surface area contributed by atoms with E-state index in [-0.39, 0.29) is 24.1 Å². The summed E-state index contributed by atoms with van der Waals surface area (Å²) < 4.78 is 30.4.